The van der Waals surface area contributed by atoms with Gasteiger partial charge in [-0.25, -0.2) is 0 Å². The van der Waals surface area contributed by atoms with Gasteiger partial charge in [-0.3, -0.25) is 9.78 Å². The first-order valence-corrected chi connectivity index (χ1v) is 11.3. The lowest BCUT2D eigenvalue weighted by Crippen LogP contribution is -2.51. The van der Waals surface area contributed by atoms with Crippen molar-refractivity contribution in [2.45, 2.75) is 51.1 Å². The van der Waals surface area contributed by atoms with E-state index in [9.17, 15) is 4.79 Å². The van der Waals surface area contributed by atoms with Crippen LogP contribution in [0.5, 0.6) is 0 Å². The fourth-order valence-electron chi connectivity index (χ4n) is 6.28. The summed E-state index contributed by atoms with van der Waals surface area (Å²) in [6.07, 6.45) is 7.44. The third-order valence-electron chi connectivity index (χ3n) is 7.73. The number of carbonyl (C=O) groups is 1. The number of allylic oxidation sites excluding steroid dienone is 2. The Labute approximate surface area is 182 Å². The fraction of sp³-hybridized carbons (Fsp3) is 0.385. The molecule has 1 unspecified atom stereocenters. The molecular weight excluding hydrogens is 384 g/mol. The number of aromatic nitrogens is 1. The van der Waals surface area contributed by atoms with E-state index >= 15 is 0 Å². The van der Waals surface area contributed by atoms with Gasteiger partial charge in [-0.15, -0.1) is 0 Å². The minimum atomic E-state index is -0.481. The zero-order valence-electron chi connectivity index (χ0n) is 17.9. The van der Waals surface area contributed by atoms with E-state index in [1.54, 1.807) is 0 Å². The summed E-state index contributed by atoms with van der Waals surface area (Å²) >= 11 is 0. The van der Waals surface area contributed by atoms with E-state index in [0.29, 0.717) is 11.7 Å². The van der Waals surface area contributed by atoms with E-state index in [-0.39, 0.29) is 12.1 Å². The third-order valence-corrected chi connectivity index (χ3v) is 7.73. The Bertz CT molecular complexity index is 1190. The van der Waals surface area contributed by atoms with Crippen molar-refractivity contribution in [3.63, 3.8) is 0 Å². The second-order valence-corrected chi connectivity index (χ2v) is 9.25. The van der Waals surface area contributed by atoms with Crippen LogP contribution in [0.1, 0.15) is 43.9 Å². The molecule has 0 amide bonds. The molecule has 1 N–H and O–H groups in total. The van der Waals surface area contributed by atoms with Crippen LogP contribution in [0, 0.1) is 18.8 Å². The van der Waals surface area contributed by atoms with Gasteiger partial charge in [-0.2, -0.15) is 10.2 Å². The monoisotopic (exact) mass is 410 g/mol. The summed E-state index contributed by atoms with van der Waals surface area (Å²) in [6.45, 7) is 4.21. The van der Waals surface area contributed by atoms with Crippen LogP contribution in [0.3, 0.4) is 0 Å². The Kier molecular flexibility index (Phi) is 4.04. The van der Waals surface area contributed by atoms with Crippen molar-refractivity contribution >= 4 is 5.78 Å². The average Bonchev–Trinajstić information content (AvgIpc) is 3.45. The van der Waals surface area contributed by atoms with Crippen molar-refractivity contribution in [2.75, 3.05) is 0 Å². The molecule has 5 nitrogen and oxygen atoms in total. The predicted octanol–water partition coefficient (Wildman–Crippen LogP) is 5.24. The Morgan fingerprint density at radius 2 is 1.97 bits per heavy atom. The highest BCUT2D eigenvalue weighted by molar-refractivity contribution is 6.03. The number of aryl methyl sites for hydroxylation is 1. The lowest BCUT2D eigenvalue weighted by atomic mass is 9.59. The van der Waals surface area contributed by atoms with Gasteiger partial charge in [0.2, 0.25) is 0 Å². The van der Waals surface area contributed by atoms with Gasteiger partial charge in [-0.05, 0) is 73.4 Å². The molecule has 1 fully saturated rings. The number of ketones is 1. The summed E-state index contributed by atoms with van der Waals surface area (Å²) < 4.78 is 0. The molecule has 1 aromatic heterocycles. The highest BCUT2D eigenvalue weighted by atomic mass is 16.1. The molecule has 31 heavy (non-hydrogen) atoms. The molecule has 0 radical (unpaired) electrons. The molecular formula is C26H26N4O. The second kappa shape index (κ2) is 6.71. The van der Waals surface area contributed by atoms with Crippen molar-refractivity contribution < 1.29 is 4.79 Å². The zero-order chi connectivity index (χ0) is 21.2. The summed E-state index contributed by atoms with van der Waals surface area (Å²) in [5.74, 6) is 0.927. The van der Waals surface area contributed by atoms with Gasteiger partial charge >= 0.3 is 0 Å². The summed E-state index contributed by atoms with van der Waals surface area (Å²) in [4.78, 5) is 18.1. The Morgan fingerprint density at radius 3 is 2.81 bits per heavy atom. The minimum absolute atomic E-state index is 0.162. The van der Waals surface area contributed by atoms with Crippen LogP contribution in [-0.2, 0) is 10.2 Å². The number of azo groups is 1. The van der Waals surface area contributed by atoms with Crippen LogP contribution in [0.2, 0.25) is 0 Å². The third kappa shape index (κ3) is 2.55. The largest absolute Gasteiger partial charge is 0.362 e. The lowest BCUT2D eigenvalue weighted by molar-refractivity contribution is -0.120. The number of hydrogen-bond acceptors (Lipinski definition) is 5. The van der Waals surface area contributed by atoms with Gasteiger partial charge < -0.3 is 5.32 Å². The molecule has 1 saturated carbocycles. The maximum Gasteiger partial charge on any atom is 0.164 e. The Hall–Kier alpha value is -3.08. The quantitative estimate of drug-likeness (QED) is 0.753. The molecule has 2 aliphatic carbocycles. The number of rotatable bonds is 3. The molecule has 4 aliphatic rings. The number of hydrogen-bond donors (Lipinski definition) is 1. The van der Waals surface area contributed by atoms with Crippen LogP contribution < -0.4 is 5.32 Å². The number of benzene rings is 1. The van der Waals surface area contributed by atoms with Crippen LogP contribution in [-0.4, -0.2) is 16.9 Å². The summed E-state index contributed by atoms with van der Waals surface area (Å²) in [7, 11) is 0. The summed E-state index contributed by atoms with van der Waals surface area (Å²) in [5.41, 5.74) is 7.18. The molecule has 2 aromatic rings. The van der Waals surface area contributed by atoms with Gasteiger partial charge in [-0.1, -0.05) is 25.1 Å². The smallest absolute Gasteiger partial charge is 0.164 e. The van der Waals surface area contributed by atoms with Crippen molar-refractivity contribution in [2.24, 2.45) is 22.1 Å². The second-order valence-electron chi connectivity index (χ2n) is 9.25. The maximum absolute atomic E-state index is 13.8. The van der Waals surface area contributed by atoms with Crippen LogP contribution in [0.15, 0.2) is 75.9 Å². The average molecular weight is 411 g/mol. The molecule has 2 aliphatic heterocycles. The zero-order valence-corrected chi connectivity index (χ0v) is 17.9. The van der Waals surface area contributed by atoms with E-state index in [1.165, 1.54) is 0 Å². The molecule has 6 rings (SSSR count). The first kappa shape index (κ1) is 18.7. The molecule has 0 saturated heterocycles. The molecule has 2 bridgehead atoms. The summed E-state index contributed by atoms with van der Waals surface area (Å²) in [6, 6.07) is 12.8. The highest BCUT2D eigenvalue weighted by Crippen LogP contribution is 2.56. The van der Waals surface area contributed by atoms with Crippen LogP contribution in [0.25, 0.3) is 11.1 Å². The van der Waals surface area contributed by atoms with Gasteiger partial charge in [0.05, 0.1) is 11.6 Å². The fourth-order valence-corrected chi connectivity index (χ4v) is 6.28. The van der Waals surface area contributed by atoms with E-state index in [4.69, 9.17) is 0 Å². The van der Waals surface area contributed by atoms with Crippen molar-refractivity contribution in [3.05, 3.63) is 76.9 Å². The van der Waals surface area contributed by atoms with Gasteiger partial charge in [0, 0.05) is 34.7 Å². The number of Topliss-reactive ketones (excluding diaryl/α,β-unsaturated/α-hetero) is 1. The number of pyridine rings is 1. The van der Waals surface area contributed by atoms with Gasteiger partial charge in [0.25, 0.3) is 0 Å². The number of nitrogens with zero attached hydrogens (tertiary/aromatic N) is 3. The highest BCUT2D eigenvalue weighted by Gasteiger charge is 2.55. The topological polar surface area (TPSA) is 66.7 Å². The SMILES string of the molecule is CC[C@]1(c2cccc(-c3ccnc(C)c3)c2)C2=CN=NC2NC2=C1C(=O)[C@@H]1CC[C@H]2C1. The van der Waals surface area contributed by atoms with Crippen molar-refractivity contribution in [3.8, 4) is 11.1 Å². The molecule has 3 heterocycles. The maximum atomic E-state index is 13.8. The molecule has 1 aromatic carbocycles. The van der Waals surface area contributed by atoms with Gasteiger partial charge in [0.15, 0.2) is 11.9 Å². The minimum Gasteiger partial charge on any atom is -0.362 e. The number of fused-ring (bicyclic) bond motifs is 4. The molecule has 0 spiro atoms. The standard InChI is InChI=1S/C26H26N4O/c1-3-26(20-6-4-5-16(13-20)17-9-10-27-15(2)11-17)21-14-28-30-25(21)29-23-18-7-8-19(12-18)24(31)22(23)26/h4-6,9-11,13-14,18-19,25,29H,3,7-8,12H2,1-2H3/t18-,19+,25?,26-/m0/s1. The molecule has 5 heteroatoms. The Morgan fingerprint density at radius 1 is 1.13 bits per heavy atom. The number of carbonyl (C=O) groups excluding carboxylic acids is 1. The van der Waals surface area contributed by atoms with E-state index < -0.39 is 5.41 Å². The lowest BCUT2D eigenvalue weighted by Gasteiger charge is -2.47. The van der Waals surface area contributed by atoms with E-state index in [1.807, 2.05) is 25.4 Å². The van der Waals surface area contributed by atoms with E-state index in [2.05, 4.69) is 57.8 Å². The molecule has 156 valence electrons. The van der Waals surface area contributed by atoms with Gasteiger partial charge in [0.1, 0.15) is 0 Å². The normalized spacial score (nSPS) is 30.7. The predicted molar refractivity (Wildman–Crippen MR) is 119 cm³/mol. The first-order valence-electron chi connectivity index (χ1n) is 11.3. The Balaban J connectivity index is 1.59. The van der Waals surface area contributed by atoms with Crippen LogP contribution in [0.4, 0.5) is 0 Å². The number of nitrogens with one attached hydrogen (secondary N) is 1. The molecule has 4 atom stereocenters. The van der Waals surface area contributed by atoms with Crippen molar-refractivity contribution in [1.29, 1.82) is 0 Å². The van der Waals surface area contributed by atoms with Crippen LogP contribution >= 0.6 is 0 Å². The first-order chi connectivity index (χ1) is 15.1. The van der Waals surface area contributed by atoms with Crippen molar-refractivity contribution in [1.82, 2.24) is 10.3 Å². The van der Waals surface area contributed by atoms with E-state index in [0.717, 1.165) is 64.9 Å². The summed E-state index contributed by atoms with van der Waals surface area (Å²) in [5, 5.41) is 12.4.